The van der Waals surface area contributed by atoms with Crippen LogP contribution in [0.2, 0.25) is 0 Å². The van der Waals surface area contributed by atoms with Gasteiger partial charge in [-0.1, -0.05) is 38.1 Å². The van der Waals surface area contributed by atoms with E-state index >= 15 is 0 Å². The molecule has 1 atom stereocenters. The van der Waals surface area contributed by atoms with Crippen LogP contribution in [0.3, 0.4) is 0 Å². The molecule has 1 aromatic carbocycles. The van der Waals surface area contributed by atoms with Crippen molar-refractivity contribution in [2.45, 2.75) is 32.7 Å². The molecule has 0 bridgehead atoms. The molecule has 0 radical (unpaired) electrons. The van der Waals surface area contributed by atoms with Crippen LogP contribution >= 0.6 is 12.4 Å². The van der Waals surface area contributed by atoms with Gasteiger partial charge in [-0.3, -0.25) is 0 Å². The molecule has 74 valence electrons. The van der Waals surface area contributed by atoms with Gasteiger partial charge in [0.15, 0.2) is 0 Å². The smallest absolute Gasteiger partial charge is 0.0266 e. The van der Waals surface area contributed by atoms with E-state index < -0.39 is 0 Å². The van der Waals surface area contributed by atoms with Gasteiger partial charge in [-0.25, -0.2) is 0 Å². The molecule has 2 heteroatoms. The van der Waals surface area contributed by atoms with Gasteiger partial charge in [0.2, 0.25) is 0 Å². The van der Waals surface area contributed by atoms with E-state index in [2.05, 4.69) is 38.1 Å². The van der Waals surface area contributed by atoms with Gasteiger partial charge < -0.3 is 5.73 Å². The molecule has 0 aliphatic heterocycles. The number of nitrogens with two attached hydrogens (primary N) is 1. The van der Waals surface area contributed by atoms with E-state index in [1.54, 1.807) is 0 Å². The molecule has 0 aliphatic rings. The average molecular weight is 200 g/mol. The summed E-state index contributed by atoms with van der Waals surface area (Å²) >= 11 is 0. The molecule has 0 fully saturated rings. The highest BCUT2D eigenvalue weighted by Crippen LogP contribution is 2.18. The van der Waals surface area contributed by atoms with Crippen molar-refractivity contribution < 1.29 is 0 Å². The Morgan fingerprint density at radius 1 is 1.08 bits per heavy atom. The number of rotatable bonds is 2. The van der Waals surface area contributed by atoms with Crippen molar-refractivity contribution in [2.75, 3.05) is 0 Å². The fraction of sp³-hybridized carbons (Fsp3) is 0.455. The zero-order chi connectivity index (χ0) is 9.14. The highest BCUT2D eigenvalue weighted by molar-refractivity contribution is 5.85. The third-order valence-corrected chi connectivity index (χ3v) is 2.10. The summed E-state index contributed by atoms with van der Waals surface area (Å²) in [5.41, 5.74) is 8.37. The third-order valence-electron chi connectivity index (χ3n) is 2.10. The van der Waals surface area contributed by atoms with E-state index in [-0.39, 0.29) is 18.4 Å². The Morgan fingerprint density at radius 3 is 2.08 bits per heavy atom. The predicted octanol–water partition coefficient (Wildman–Crippen LogP) is 3.25. The van der Waals surface area contributed by atoms with Gasteiger partial charge in [0, 0.05) is 6.04 Å². The summed E-state index contributed by atoms with van der Waals surface area (Å²) in [6.07, 6.45) is 0. The zero-order valence-electron chi connectivity index (χ0n) is 8.45. The fourth-order valence-corrected chi connectivity index (χ4v) is 1.20. The predicted molar refractivity (Wildman–Crippen MR) is 60.4 cm³/mol. The summed E-state index contributed by atoms with van der Waals surface area (Å²) in [4.78, 5) is 0. The Bertz CT molecular complexity index is 233. The van der Waals surface area contributed by atoms with E-state index in [9.17, 15) is 0 Å². The van der Waals surface area contributed by atoms with Gasteiger partial charge in [-0.2, -0.15) is 0 Å². The van der Waals surface area contributed by atoms with Crippen molar-refractivity contribution >= 4 is 12.4 Å². The van der Waals surface area contributed by atoms with Crippen LogP contribution in [0.15, 0.2) is 24.3 Å². The van der Waals surface area contributed by atoms with Gasteiger partial charge >= 0.3 is 0 Å². The molecule has 2 N–H and O–H groups in total. The van der Waals surface area contributed by atoms with Crippen LogP contribution in [0, 0.1) is 0 Å². The summed E-state index contributed by atoms with van der Waals surface area (Å²) < 4.78 is 0. The van der Waals surface area contributed by atoms with Crippen molar-refractivity contribution in [1.82, 2.24) is 0 Å². The Hall–Kier alpha value is -0.530. The van der Waals surface area contributed by atoms with Gasteiger partial charge in [0.25, 0.3) is 0 Å². The molecule has 0 amide bonds. The Morgan fingerprint density at radius 2 is 1.62 bits per heavy atom. The van der Waals surface area contributed by atoms with Crippen molar-refractivity contribution in [2.24, 2.45) is 5.73 Å². The molecule has 0 saturated carbocycles. The van der Waals surface area contributed by atoms with Crippen LogP contribution in [-0.2, 0) is 0 Å². The van der Waals surface area contributed by atoms with Crippen LogP contribution in [-0.4, -0.2) is 0 Å². The second-order valence-corrected chi connectivity index (χ2v) is 3.61. The zero-order valence-corrected chi connectivity index (χ0v) is 9.27. The fourth-order valence-electron chi connectivity index (χ4n) is 1.20. The minimum atomic E-state index is 0. The normalized spacial score (nSPS) is 12.4. The summed E-state index contributed by atoms with van der Waals surface area (Å²) in [5, 5.41) is 0. The maximum atomic E-state index is 5.78. The molecule has 0 aromatic heterocycles. The van der Waals surface area contributed by atoms with Crippen LogP contribution < -0.4 is 5.73 Å². The van der Waals surface area contributed by atoms with Crippen LogP contribution in [0.4, 0.5) is 0 Å². The van der Waals surface area contributed by atoms with E-state index in [4.69, 9.17) is 5.73 Å². The lowest BCUT2D eigenvalue weighted by Crippen LogP contribution is -2.05. The van der Waals surface area contributed by atoms with E-state index in [1.807, 2.05) is 6.92 Å². The Labute approximate surface area is 86.7 Å². The van der Waals surface area contributed by atoms with E-state index in [1.165, 1.54) is 11.1 Å². The number of halogens is 1. The van der Waals surface area contributed by atoms with Crippen LogP contribution in [0.25, 0.3) is 0 Å². The standard InChI is InChI=1S/C11H17N.ClH/c1-8(2)10-5-4-6-11(7-10)9(3)12;/h4-9H,12H2,1-3H3;1H/t9-;/m0./s1. The quantitative estimate of drug-likeness (QED) is 0.778. The molecule has 0 spiro atoms. The number of benzene rings is 1. The van der Waals surface area contributed by atoms with Crippen LogP contribution in [0.1, 0.15) is 43.9 Å². The SMILES string of the molecule is CC(C)c1cccc([C@H](C)N)c1.Cl. The van der Waals surface area contributed by atoms with Crippen LogP contribution in [0.5, 0.6) is 0 Å². The van der Waals surface area contributed by atoms with Gasteiger partial charge in [-0.15, -0.1) is 12.4 Å². The summed E-state index contributed by atoms with van der Waals surface area (Å²) in [6.45, 7) is 6.40. The number of hydrogen-bond donors (Lipinski definition) is 1. The molecule has 13 heavy (non-hydrogen) atoms. The topological polar surface area (TPSA) is 26.0 Å². The minimum absolute atomic E-state index is 0. The Kier molecular flexibility index (Phi) is 5.04. The van der Waals surface area contributed by atoms with E-state index in [0.717, 1.165) is 0 Å². The van der Waals surface area contributed by atoms with Crippen molar-refractivity contribution in [3.8, 4) is 0 Å². The molecular weight excluding hydrogens is 182 g/mol. The van der Waals surface area contributed by atoms with Gasteiger partial charge in [0.1, 0.15) is 0 Å². The summed E-state index contributed by atoms with van der Waals surface area (Å²) in [6, 6.07) is 8.64. The maximum Gasteiger partial charge on any atom is 0.0266 e. The van der Waals surface area contributed by atoms with Crippen molar-refractivity contribution in [3.05, 3.63) is 35.4 Å². The highest BCUT2D eigenvalue weighted by Gasteiger charge is 2.02. The first kappa shape index (κ1) is 12.5. The molecule has 0 saturated heterocycles. The highest BCUT2D eigenvalue weighted by atomic mass is 35.5. The second-order valence-electron chi connectivity index (χ2n) is 3.61. The maximum absolute atomic E-state index is 5.78. The number of hydrogen-bond acceptors (Lipinski definition) is 1. The first-order valence-corrected chi connectivity index (χ1v) is 4.46. The monoisotopic (exact) mass is 199 g/mol. The van der Waals surface area contributed by atoms with Gasteiger partial charge in [-0.05, 0) is 24.0 Å². The molecule has 1 aromatic rings. The molecular formula is C11H18ClN. The average Bonchev–Trinajstić information content (AvgIpc) is 2.04. The molecule has 0 heterocycles. The summed E-state index contributed by atoms with van der Waals surface area (Å²) in [5.74, 6) is 0.587. The van der Waals surface area contributed by atoms with Gasteiger partial charge in [0.05, 0.1) is 0 Å². The molecule has 0 aliphatic carbocycles. The third kappa shape index (κ3) is 3.37. The minimum Gasteiger partial charge on any atom is -0.324 e. The molecule has 1 rings (SSSR count). The first-order chi connectivity index (χ1) is 5.61. The first-order valence-electron chi connectivity index (χ1n) is 4.46. The molecule has 1 nitrogen and oxygen atoms in total. The lowest BCUT2D eigenvalue weighted by molar-refractivity contribution is 0.803. The largest absolute Gasteiger partial charge is 0.324 e. The lowest BCUT2D eigenvalue weighted by atomic mass is 9.99. The Balaban J connectivity index is 0.00000144. The van der Waals surface area contributed by atoms with E-state index in [0.29, 0.717) is 5.92 Å². The lowest BCUT2D eigenvalue weighted by Gasteiger charge is -2.10. The van der Waals surface area contributed by atoms with Crippen molar-refractivity contribution in [3.63, 3.8) is 0 Å². The summed E-state index contributed by atoms with van der Waals surface area (Å²) in [7, 11) is 0. The van der Waals surface area contributed by atoms with Crippen molar-refractivity contribution in [1.29, 1.82) is 0 Å². The molecule has 0 unspecified atom stereocenters. The second kappa shape index (κ2) is 5.25.